The maximum absolute atomic E-state index is 6.04. The molecular weight excluding hydrogens is 566 g/mol. The molecule has 6 aromatic carbocycles. The molecule has 0 atom stereocenters. The second kappa shape index (κ2) is 10.6. The molecule has 9 aromatic rings. The van der Waals surface area contributed by atoms with E-state index in [0.717, 1.165) is 72.2 Å². The molecule has 0 saturated heterocycles. The minimum absolute atomic E-state index is 0.471. The Kier molecular flexibility index (Phi) is 6.03. The van der Waals surface area contributed by atoms with Crippen molar-refractivity contribution in [3.63, 3.8) is 0 Å². The molecule has 6 nitrogen and oxygen atoms in total. The van der Waals surface area contributed by atoms with Crippen molar-refractivity contribution >= 4 is 32.7 Å². The van der Waals surface area contributed by atoms with Crippen molar-refractivity contribution in [2.45, 2.75) is 0 Å². The molecule has 0 radical (unpaired) electrons. The predicted molar refractivity (Wildman–Crippen MR) is 183 cm³/mol. The van der Waals surface area contributed by atoms with Gasteiger partial charge in [0, 0.05) is 38.7 Å². The van der Waals surface area contributed by atoms with Crippen LogP contribution in [0.3, 0.4) is 0 Å². The lowest BCUT2D eigenvalue weighted by atomic mass is 9.98. The van der Waals surface area contributed by atoms with Crippen molar-refractivity contribution in [1.29, 1.82) is 0 Å². The van der Waals surface area contributed by atoms with Crippen LogP contribution in [0.15, 0.2) is 156 Å². The molecule has 0 amide bonds. The number of benzene rings is 6. The van der Waals surface area contributed by atoms with Crippen LogP contribution in [0.4, 0.5) is 0 Å². The molecule has 216 valence electrons. The third-order valence-electron chi connectivity index (χ3n) is 8.39. The number of para-hydroxylation sites is 2. The number of fused-ring (bicyclic) bond motifs is 5. The van der Waals surface area contributed by atoms with E-state index in [4.69, 9.17) is 14.4 Å². The lowest BCUT2D eigenvalue weighted by molar-refractivity contribution is 0.584. The average Bonchev–Trinajstić information content (AvgIpc) is 3.79. The van der Waals surface area contributed by atoms with E-state index in [-0.39, 0.29) is 0 Å². The first-order valence-electron chi connectivity index (χ1n) is 15.2. The van der Waals surface area contributed by atoms with E-state index in [1.54, 1.807) is 0 Å². The van der Waals surface area contributed by atoms with Crippen LogP contribution >= 0.6 is 0 Å². The van der Waals surface area contributed by atoms with Gasteiger partial charge in [-0.2, -0.15) is 0 Å². The highest BCUT2D eigenvalue weighted by molar-refractivity contribution is 6.20. The topological polar surface area (TPSA) is 69.6 Å². The fraction of sp³-hybridized carbons (Fsp3) is 0. The van der Waals surface area contributed by atoms with E-state index in [0.29, 0.717) is 11.8 Å². The van der Waals surface area contributed by atoms with Gasteiger partial charge in [-0.15, -0.1) is 10.2 Å². The zero-order valence-corrected chi connectivity index (χ0v) is 24.6. The van der Waals surface area contributed by atoms with E-state index < -0.39 is 0 Å². The Balaban J connectivity index is 1.27. The Morgan fingerprint density at radius 3 is 1.76 bits per heavy atom. The van der Waals surface area contributed by atoms with E-state index >= 15 is 0 Å². The van der Waals surface area contributed by atoms with Gasteiger partial charge in [0.25, 0.3) is 0 Å². The Labute approximate surface area is 264 Å². The zero-order chi connectivity index (χ0) is 30.5. The van der Waals surface area contributed by atoms with Crippen LogP contribution in [-0.4, -0.2) is 24.7 Å². The first-order valence-corrected chi connectivity index (χ1v) is 15.2. The van der Waals surface area contributed by atoms with Crippen molar-refractivity contribution < 1.29 is 4.42 Å². The number of rotatable bonds is 5. The number of hydrogen-bond acceptors (Lipinski definition) is 5. The molecule has 0 saturated carbocycles. The third kappa shape index (κ3) is 4.27. The van der Waals surface area contributed by atoms with Gasteiger partial charge >= 0.3 is 0 Å². The Morgan fingerprint density at radius 2 is 1.04 bits per heavy atom. The Hall–Kier alpha value is -6.40. The standard InChI is InChI=1S/C40H25N5O/c1-4-12-27(13-5-1)38-42-37-34(45(38)30-16-8-3-9-17-30)25-24-32-31-18-10-11-19-33(31)41-36(35(32)37)26-20-22-29(23-21-26)40-44-43-39(46-40)28-14-6-2-7-15-28/h1-25H. The van der Waals surface area contributed by atoms with Gasteiger partial charge in [0.1, 0.15) is 5.82 Å². The van der Waals surface area contributed by atoms with Gasteiger partial charge in [-0.05, 0) is 53.9 Å². The summed E-state index contributed by atoms with van der Waals surface area (Å²) in [6, 6.07) is 51.4. The summed E-state index contributed by atoms with van der Waals surface area (Å²) in [6.45, 7) is 0. The lowest BCUT2D eigenvalue weighted by Crippen LogP contribution is -1.97. The third-order valence-corrected chi connectivity index (χ3v) is 8.39. The van der Waals surface area contributed by atoms with Crippen LogP contribution in [0.25, 0.3) is 83.9 Å². The highest BCUT2D eigenvalue weighted by atomic mass is 16.4. The summed E-state index contributed by atoms with van der Waals surface area (Å²) in [6.07, 6.45) is 0. The van der Waals surface area contributed by atoms with Gasteiger partial charge in [-0.3, -0.25) is 4.57 Å². The summed E-state index contributed by atoms with van der Waals surface area (Å²) >= 11 is 0. The second-order valence-corrected chi connectivity index (χ2v) is 11.2. The smallest absolute Gasteiger partial charge is 0.248 e. The summed E-state index contributed by atoms with van der Waals surface area (Å²) in [5.41, 5.74) is 8.54. The highest BCUT2D eigenvalue weighted by Crippen LogP contribution is 2.40. The zero-order valence-electron chi connectivity index (χ0n) is 24.6. The van der Waals surface area contributed by atoms with Gasteiger partial charge in [0.05, 0.1) is 22.2 Å². The molecular formula is C40H25N5O. The Morgan fingerprint density at radius 1 is 0.457 bits per heavy atom. The van der Waals surface area contributed by atoms with E-state index in [1.165, 1.54) is 0 Å². The van der Waals surface area contributed by atoms with Crippen molar-refractivity contribution in [1.82, 2.24) is 24.7 Å². The van der Waals surface area contributed by atoms with Crippen molar-refractivity contribution in [3.8, 4) is 51.2 Å². The van der Waals surface area contributed by atoms with Gasteiger partial charge in [0.15, 0.2) is 0 Å². The van der Waals surface area contributed by atoms with Gasteiger partial charge in [-0.25, -0.2) is 9.97 Å². The molecule has 46 heavy (non-hydrogen) atoms. The molecule has 3 aromatic heterocycles. The molecule has 0 aliphatic heterocycles. The summed E-state index contributed by atoms with van der Waals surface area (Å²) in [5.74, 6) is 1.85. The van der Waals surface area contributed by atoms with Crippen LogP contribution in [0, 0.1) is 0 Å². The summed E-state index contributed by atoms with van der Waals surface area (Å²) in [7, 11) is 0. The van der Waals surface area contributed by atoms with Crippen molar-refractivity contribution in [2.24, 2.45) is 0 Å². The molecule has 0 spiro atoms. The number of imidazole rings is 1. The number of aromatic nitrogens is 5. The highest BCUT2D eigenvalue weighted by Gasteiger charge is 2.21. The summed E-state index contributed by atoms with van der Waals surface area (Å²) in [4.78, 5) is 10.6. The van der Waals surface area contributed by atoms with Gasteiger partial charge in [0.2, 0.25) is 11.8 Å². The van der Waals surface area contributed by atoms with Crippen LogP contribution in [0.1, 0.15) is 0 Å². The van der Waals surface area contributed by atoms with Gasteiger partial charge in [-0.1, -0.05) is 103 Å². The number of nitrogens with zero attached hydrogens (tertiary/aromatic N) is 5. The monoisotopic (exact) mass is 591 g/mol. The molecule has 0 unspecified atom stereocenters. The number of pyridine rings is 1. The van der Waals surface area contributed by atoms with Crippen molar-refractivity contribution in [2.75, 3.05) is 0 Å². The average molecular weight is 592 g/mol. The fourth-order valence-corrected chi connectivity index (χ4v) is 6.22. The van der Waals surface area contributed by atoms with Crippen molar-refractivity contribution in [3.05, 3.63) is 152 Å². The first kappa shape index (κ1) is 26.0. The lowest BCUT2D eigenvalue weighted by Gasteiger charge is -2.12. The molecule has 6 heteroatoms. The van der Waals surface area contributed by atoms with Gasteiger partial charge < -0.3 is 4.42 Å². The Bertz CT molecular complexity index is 2500. The molecule has 0 aliphatic carbocycles. The molecule has 3 heterocycles. The molecule has 0 aliphatic rings. The summed E-state index contributed by atoms with van der Waals surface area (Å²) < 4.78 is 8.28. The van der Waals surface area contributed by atoms with E-state index in [1.807, 2.05) is 60.7 Å². The minimum Gasteiger partial charge on any atom is -0.416 e. The normalized spacial score (nSPS) is 11.5. The summed E-state index contributed by atoms with van der Waals surface area (Å²) in [5, 5.41) is 11.8. The maximum atomic E-state index is 6.04. The van der Waals surface area contributed by atoms with E-state index in [2.05, 4.69) is 106 Å². The SMILES string of the molecule is c1ccc(-c2nnc(-c3ccc(-c4nc5ccccc5c5ccc6c(nc(-c7ccccc7)n6-c6ccccc6)c45)cc3)o2)cc1. The molecule has 0 fully saturated rings. The minimum atomic E-state index is 0.471. The van der Waals surface area contributed by atoms with E-state index in [9.17, 15) is 0 Å². The van der Waals surface area contributed by atoms with Crippen LogP contribution in [0.2, 0.25) is 0 Å². The number of hydrogen-bond donors (Lipinski definition) is 0. The fourth-order valence-electron chi connectivity index (χ4n) is 6.22. The second-order valence-electron chi connectivity index (χ2n) is 11.2. The molecule has 0 bridgehead atoms. The molecule has 9 rings (SSSR count). The molecule has 0 N–H and O–H groups in total. The van der Waals surface area contributed by atoms with Crippen LogP contribution in [0.5, 0.6) is 0 Å². The van der Waals surface area contributed by atoms with Crippen LogP contribution in [-0.2, 0) is 0 Å². The quantitative estimate of drug-likeness (QED) is 0.186. The maximum Gasteiger partial charge on any atom is 0.248 e. The van der Waals surface area contributed by atoms with Crippen LogP contribution < -0.4 is 0 Å². The largest absolute Gasteiger partial charge is 0.416 e. The first-order chi connectivity index (χ1) is 22.8. The predicted octanol–water partition coefficient (Wildman–Crippen LogP) is 9.78.